The summed E-state index contributed by atoms with van der Waals surface area (Å²) in [6.45, 7) is 5.93. The summed E-state index contributed by atoms with van der Waals surface area (Å²) in [4.78, 5) is 21.8. The van der Waals surface area contributed by atoms with E-state index in [1.807, 2.05) is 0 Å². The zero-order chi connectivity index (χ0) is 16.3. The number of nitrogens with one attached hydrogen (secondary N) is 2. The van der Waals surface area contributed by atoms with Crippen molar-refractivity contribution in [1.29, 1.82) is 0 Å². The molecule has 1 amide bonds. The van der Waals surface area contributed by atoms with E-state index in [0.717, 1.165) is 19.4 Å². The molecule has 0 bridgehead atoms. The van der Waals surface area contributed by atoms with E-state index >= 15 is 0 Å². The van der Waals surface area contributed by atoms with Gasteiger partial charge in [-0.15, -0.1) is 0 Å². The van der Waals surface area contributed by atoms with E-state index in [-0.39, 0.29) is 22.7 Å². The van der Waals surface area contributed by atoms with Gasteiger partial charge in [0.15, 0.2) is 0 Å². The minimum Gasteiger partial charge on any atom is -0.378 e. The summed E-state index contributed by atoms with van der Waals surface area (Å²) in [6.07, 6.45) is 2.26. The van der Waals surface area contributed by atoms with Crippen LogP contribution in [-0.4, -0.2) is 30.0 Å². The second-order valence-corrected chi connectivity index (χ2v) is 6.33. The molecular weight excluding hydrogens is 284 g/mol. The number of carbonyl (C=O) groups excluding carboxylic acids is 1. The van der Waals surface area contributed by atoms with E-state index in [4.69, 9.17) is 5.73 Å². The molecule has 22 heavy (non-hydrogen) atoms. The molecule has 4 N–H and O–H groups in total. The molecule has 7 heteroatoms. The van der Waals surface area contributed by atoms with Gasteiger partial charge in [0, 0.05) is 24.2 Å². The second-order valence-electron chi connectivity index (χ2n) is 6.33. The Labute approximate surface area is 129 Å². The highest BCUT2D eigenvalue weighted by Gasteiger charge is 2.32. The molecule has 2 rings (SSSR count). The number of hydrogen-bond acceptors (Lipinski definition) is 5. The quantitative estimate of drug-likeness (QED) is 0.568. The van der Waals surface area contributed by atoms with Gasteiger partial charge in [0.1, 0.15) is 5.69 Å². The Morgan fingerprint density at radius 1 is 1.55 bits per heavy atom. The summed E-state index contributed by atoms with van der Waals surface area (Å²) in [6, 6.07) is 4.48. The first-order chi connectivity index (χ1) is 10.3. The number of nitro groups is 1. The van der Waals surface area contributed by atoms with Gasteiger partial charge in [-0.1, -0.05) is 13.8 Å². The van der Waals surface area contributed by atoms with Gasteiger partial charge < -0.3 is 16.4 Å². The predicted molar refractivity (Wildman–Crippen MR) is 84.9 cm³/mol. The topological polar surface area (TPSA) is 110 Å². The molecule has 0 radical (unpaired) electrons. The van der Waals surface area contributed by atoms with Crippen molar-refractivity contribution in [3.63, 3.8) is 0 Å². The molecule has 1 unspecified atom stereocenters. The molecular formula is C15H22N4O3. The monoisotopic (exact) mass is 306 g/mol. The van der Waals surface area contributed by atoms with Crippen LogP contribution in [0.15, 0.2) is 18.2 Å². The van der Waals surface area contributed by atoms with E-state index in [1.165, 1.54) is 18.2 Å². The summed E-state index contributed by atoms with van der Waals surface area (Å²) in [5, 5.41) is 17.8. The van der Waals surface area contributed by atoms with Crippen molar-refractivity contribution in [1.82, 2.24) is 5.32 Å². The van der Waals surface area contributed by atoms with Gasteiger partial charge in [-0.3, -0.25) is 14.9 Å². The van der Waals surface area contributed by atoms with Crippen molar-refractivity contribution in [2.45, 2.75) is 32.7 Å². The molecule has 0 aliphatic carbocycles. The van der Waals surface area contributed by atoms with Gasteiger partial charge in [0.25, 0.3) is 5.69 Å². The minimum atomic E-state index is -0.676. The highest BCUT2D eigenvalue weighted by atomic mass is 16.6. The molecule has 1 aromatic rings. The van der Waals surface area contributed by atoms with Crippen molar-refractivity contribution in [3.8, 4) is 0 Å². The van der Waals surface area contributed by atoms with Gasteiger partial charge in [0.2, 0.25) is 5.91 Å². The summed E-state index contributed by atoms with van der Waals surface area (Å²) in [5.41, 5.74) is 5.70. The predicted octanol–water partition coefficient (Wildman–Crippen LogP) is 1.88. The van der Waals surface area contributed by atoms with Gasteiger partial charge in [-0.05, 0) is 36.9 Å². The molecule has 1 atom stereocenters. The molecule has 1 heterocycles. The lowest BCUT2D eigenvalue weighted by molar-refractivity contribution is -0.384. The molecule has 0 saturated carbocycles. The number of nitro benzene ring substituents is 1. The van der Waals surface area contributed by atoms with Crippen LogP contribution in [0.3, 0.4) is 0 Å². The Morgan fingerprint density at radius 2 is 2.27 bits per heavy atom. The third-order valence-electron chi connectivity index (χ3n) is 4.31. The SMILES string of the molecule is CC1(C)CCCNC1CNc1ccc(C(N)=O)cc1[N+](=O)[O-]. The molecule has 1 aliphatic rings. The number of anilines is 1. The lowest BCUT2D eigenvalue weighted by Gasteiger charge is -2.39. The largest absolute Gasteiger partial charge is 0.378 e. The third-order valence-corrected chi connectivity index (χ3v) is 4.31. The van der Waals surface area contributed by atoms with Crippen LogP contribution in [0.5, 0.6) is 0 Å². The van der Waals surface area contributed by atoms with Crippen LogP contribution in [0, 0.1) is 15.5 Å². The molecule has 1 aliphatic heterocycles. The molecule has 1 aromatic carbocycles. The summed E-state index contributed by atoms with van der Waals surface area (Å²) in [5.74, 6) is -0.676. The smallest absolute Gasteiger partial charge is 0.293 e. The Balaban J connectivity index is 2.15. The number of benzene rings is 1. The van der Waals surface area contributed by atoms with Crippen molar-refractivity contribution >= 4 is 17.3 Å². The molecule has 1 saturated heterocycles. The maximum atomic E-state index is 11.2. The Morgan fingerprint density at radius 3 is 2.86 bits per heavy atom. The third kappa shape index (κ3) is 3.54. The highest BCUT2D eigenvalue weighted by molar-refractivity contribution is 5.94. The lowest BCUT2D eigenvalue weighted by atomic mass is 9.77. The fourth-order valence-corrected chi connectivity index (χ4v) is 2.82. The number of carbonyl (C=O) groups is 1. The first-order valence-electron chi connectivity index (χ1n) is 7.37. The molecule has 7 nitrogen and oxygen atoms in total. The second kappa shape index (κ2) is 6.31. The molecule has 1 fully saturated rings. The summed E-state index contributed by atoms with van der Waals surface area (Å²) >= 11 is 0. The standard InChI is InChI=1S/C15H22N4O3/c1-15(2)6-3-7-17-13(15)9-18-11-5-4-10(14(16)20)8-12(11)19(21)22/h4-5,8,13,17-18H,3,6-7,9H2,1-2H3,(H2,16,20). The van der Waals surface area contributed by atoms with Crippen molar-refractivity contribution in [3.05, 3.63) is 33.9 Å². The van der Waals surface area contributed by atoms with Crippen LogP contribution >= 0.6 is 0 Å². The van der Waals surface area contributed by atoms with Crippen molar-refractivity contribution in [2.24, 2.45) is 11.1 Å². The van der Waals surface area contributed by atoms with Crippen LogP contribution in [0.1, 0.15) is 37.0 Å². The van der Waals surface area contributed by atoms with Gasteiger partial charge in [-0.2, -0.15) is 0 Å². The number of amides is 1. The number of nitrogens with two attached hydrogens (primary N) is 1. The van der Waals surface area contributed by atoms with E-state index in [9.17, 15) is 14.9 Å². The van der Waals surface area contributed by atoms with Crippen LogP contribution in [-0.2, 0) is 0 Å². The van der Waals surface area contributed by atoms with E-state index in [2.05, 4.69) is 24.5 Å². The maximum absolute atomic E-state index is 11.2. The number of piperidine rings is 1. The zero-order valence-electron chi connectivity index (χ0n) is 12.9. The summed E-state index contributed by atoms with van der Waals surface area (Å²) in [7, 11) is 0. The van der Waals surface area contributed by atoms with Crippen LogP contribution in [0.2, 0.25) is 0 Å². The Kier molecular flexibility index (Phi) is 4.65. The maximum Gasteiger partial charge on any atom is 0.293 e. The zero-order valence-corrected chi connectivity index (χ0v) is 12.9. The van der Waals surface area contributed by atoms with Crippen molar-refractivity contribution < 1.29 is 9.72 Å². The molecule has 0 spiro atoms. The first kappa shape index (κ1) is 16.2. The highest BCUT2D eigenvalue weighted by Crippen LogP contribution is 2.31. The van der Waals surface area contributed by atoms with E-state index in [0.29, 0.717) is 12.2 Å². The number of hydrogen-bond donors (Lipinski definition) is 3. The average Bonchev–Trinajstić information content (AvgIpc) is 2.45. The first-order valence-corrected chi connectivity index (χ1v) is 7.37. The Hall–Kier alpha value is -2.15. The van der Waals surface area contributed by atoms with Gasteiger partial charge in [-0.25, -0.2) is 0 Å². The average molecular weight is 306 g/mol. The van der Waals surface area contributed by atoms with Gasteiger partial charge >= 0.3 is 0 Å². The molecule has 120 valence electrons. The van der Waals surface area contributed by atoms with Crippen molar-refractivity contribution in [2.75, 3.05) is 18.4 Å². The lowest BCUT2D eigenvalue weighted by Crippen LogP contribution is -2.50. The number of primary amides is 1. The van der Waals surface area contributed by atoms with Crippen LogP contribution < -0.4 is 16.4 Å². The Bertz CT molecular complexity index is 586. The van der Waals surface area contributed by atoms with E-state index in [1.54, 1.807) is 0 Å². The van der Waals surface area contributed by atoms with Gasteiger partial charge in [0.05, 0.1) is 4.92 Å². The fourth-order valence-electron chi connectivity index (χ4n) is 2.82. The normalized spacial score (nSPS) is 20.4. The summed E-state index contributed by atoms with van der Waals surface area (Å²) < 4.78 is 0. The minimum absolute atomic E-state index is 0.132. The fraction of sp³-hybridized carbons (Fsp3) is 0.533. The molecule has 0 aromatic heterocycles. The van der Waals surface area contributed by atoms with E-state index < -0.39 is 10.8 Å². The number of nitrogens with zero attached hydrogens (tertiary/aromatic N) is 1. The van der Waals surface area contributed by atoms with Crippen LogP contribution in [0.25, 0.3) is 0 Å². The number of rotatable bonds is 5. The van der Waals surface area contributed by atoms with Crippen LogP contribution in [0.4, 0.5) is 11.4 Å².